The van der Waals surface area contributed by atoms with E-state index >= 15 is 0 Å². The molecule has 0 saturated carbocycles. The van der Waals surface area contributed by atoms with Gasteiger partial charge in [0.15, 0.2) is 0 Å². The third-order valence-electron chi connectivity index (χ3n) is 2.88. The van der Waals surface area contributed by atoms with Crippen LogP contribution in [0.3, 0.4) is 0 Å². The van der Waals surface area contributed by atoms with Gasteiger partial charge < -0.3 is 10.4 Å². The van der Waals surface area contributed by atoms with Crippen molar-refractivity contribution in [2.75, 3.05) is 5.32 Å². The summed E-state index contributed by atoms with van der Waals surface area (Å²) in [6.45, 7) is 3.71. The zero-order chi connectivity index (χ0) is 15.4. The Morgan fingerprint density at radius 1 is 1.19 bits per heavy atom. The number of thiophene rings is 1. The van der Waals surface area contributed by atoms with Crippen LogP contribution >= 0.6 is 11.3 Å². The van der Waals surface area contributed by atoms with Crippen LogP contribution in [-0.4, -0.2) is 17.0 Å². The lowest BCUT2D eigenvalue weighted by Crippen LogP contribution is -2.08. The third-order valence-corrected chi connectivity index (χ3v) is 3.85. The number of anilines is 1. The molecule has 2 N–H and O–H groups in total. The number of hydrogen-bond acceptors (Lipinski definition) is 3. The Morgan fingerprint density at radius 3 is 2.52 bits per heavy atom. The molecule has 5 heteroatoms. The first-order chi connectivity index (χ1) is 9.95. The van der Waals surface area contributed by atoms with Crippen molar-refractivity contribution in [1.29, 1.82) is 0 Å². The summed E-state index contributed by atoms with van der Waals surface area (Å²) in [6.07, 6.45) is 3.22. The molecule has 0 aliphatic heterocycles. The van der Waals surface area contributed by atoms with E-state index in [9.17, 15) is 9.59 Å². The molecule has 1 amide bonds. The van der Waals surface area contributed by atoms with Crippen molar-refractivity contribution in [3.8, 4) is 0 Å². The van der Waals surface area contributed by atoms with Gasteiger partial charge in [-0.25, -0.2) is 4.79 Å². The molecular weight excluding hydrogens is 286 g/mol. The molecule has 1 aromatic carbocycles. The second-order valence-corrected chi connectivity index (χ2v) is 5.93. The fourth-order valence-corrected chi connectivity index (χ4v) is 2.65. The van der Waals surface area contributed by atoms with Crippen LogP contribution in [0.25, 0.3) is 6.08 Å². The van der Waals surface area contributed by atoms with Gasteiger partial charge in [-0.3, -0.25) is 4.79 Å². The molecule has 1 heterocycles. The topological polar surface area (TPSA) is 66.4 Å². The van der Waals surface area contributed by atoms with E-state index in [1.807, 2.05) is 19.1 Å². The van der Waals surface area contributed by atoms with E-state index in [1.165, 1.54) is 17.0 Å². The van der Waals surface area contributed by atoms with E-state index in [0.717, 1.165) is 4.88 Å². The summed E-state index contributed by atoms with van der Waals surface area (Å²) in [6, 6.07) is 8.66. The largest absolute Gasteiger partial charge is 0.478 e. The molecule has 2 rings (SSSR count). The lowest BCUT2D eigenvalue weighted by atomic mass is 10.1. The molecule has 4 nitrogen and oxygen atoms in total. The third kappa shape index (κ3) is 4.03. The summed E-state index contributed by atoms with van der Waals surface area (Å²) in [5.41, 5.74) is 1.42. The molecule has 0 aliphatic rings. The number of nitrogens with one attached hydrogen (secondary N) is 1. The number of amides is 1. The lowest BCUT2D eigenvalue weighted by Gasteiger charge is -2.05. The van der Waals surface area contributed by atoms with Crippen molar-refractivity contribution >= 4 is 35.0 Å². The average molecular weight is 301 g/mol. The first-order valence-corrected chi connectivity index (χ1v) is 7.17. The number of hydrogen-bond donors (Lipinski definition) is 2. The standard InChI is InChI=1S/C16H15NO3S/c1-10-9-12(4-7-14(10)16(19)20)17-15(18)8-6-13-5-3-11(2)21-13/h3-9H,1-2H3,(H,17,18)(H,19,20). The second-order valence-electron chi connectivity index (χ2n) is 4.61. The Bertz CT molecular complexity index is 716. The summed E-state index contributed by atoms with van der Waals surface area (Å²) in [5, 5.41) is 11.7. The molecule has 0 radical (unpaired) electrons. The summed E-state index contributed by atoms with van der Waals surface area (Å²) >= 11 is 1.61. The van der Waals surface area contributed by atoms with Crippen LogP contribution in [0.4, 0.5) is 5.69 Å². The first kappa shape index (κ1) is 15.0. The van der Waals surface area contributed by atoms with Gasteiger partial charge in [-0.1, -0.05) is 0 Å². The van der Waals surface area contributed by atoms with Crippen molar-refractivity contribution in [3.63, 3.8) is 0 Å². The quantitative estimate of drug-likeness (QED) is 0.846. The van der Waals surface area contributed by atoms with Crippen LogP contribution in [0.1, 0.15) is 25.7 Å². The van der Waals surface area contributed by atoms with Gasteiger partial charge in [0.2, 0.25) is 5.91 Å². The summed E-state index contributed by atoms with van der Waals surface area (Å²) < 4.78 is 0. The minimum atomic E-state index is -0.974. The molecule has 0 fully saturated rings. The predicted octanol–water partition coefficient (Wildman–Crippen LogP) is 3.72. The summed E-state index contributed by atoms with van der Waals surface area (Å²) in [4.78, 5) is 24.9. The number of carbonyl (C=O) groups is 2. The number of benzene rings is 1. The van der Waals surface area contributed by atoms with Gasteiger partial charge in [0.05, 0.1) is 5.56 Å². The molecular formula is C16H15NO3S. The Balaban J connectivity index is 2.04. The Labute approximate surface area is 126 Å². The first-order valence-electron chi connectivity index (χ1n) is 6.35. The van der Waals surface area contributed by atoms with Crippen LogP contribution in [0, 0.1) is 13.8 Å². The van der Waals surface area contributed by atoms with E-state index in [0.29, 0.717) is 11.3 Å². The molecule has 0 atom stereocenters. The highest BCUT2D eigenvalue weighted by Gasteiger charge is 2.07. The smallest absolute Gasteiger partial charge is 0.335 e. The maximum Gasteiger partial charge on any atom is 0.335 e. The summed E-state index contributed by atoms with van der Waals surface area (Å²) in [7, 11) is 0. The van der Waals surface area contributed by atoms with E-state index in [2.05, 4.69) is 5.32 Å². The Hall–Kier alpha value is -2.40. The molecule has 21 heavy (non-hydrogen) atoms. The fraction of sp³-hybridized carbons (Fsp3) is 0.125. The average Bonchev–Trinajstić information content (AvgIpc) is 2.82. The van der Waals surface area contributed by atoms with Gasteiger partial charge in [0.25, 0.3) is 0 Å². The highest BCUT2D eigenvalue weighted by Crippen LogP contribution is 2.17. The van der Waals surface area contributed by atoms with Gasteiger partial charge in [0.1, 0.15) is 0 Å². The van der Waals surface area contributed by atoms with Crippen LogP contribution in [0.2, 0.25) is 0 Å². The van der Waals surface area contributed by atoms with Crippen LogP contribution in [-0.2, 0) is 4.79 Å². The van der Waals surface area contributed by atoms with Crippen LogP contribution in [0.5, 0.6) is 0 Å². The molecule has 0 aliphatic carbocycles. The second kappa shape index (κ2) is 6.37. The normalized spacial score (nSPS) is 10.8. The highest BCUT2D eigenvalue weighted by molar-refractivity contribution is 7.12. The van der Waals surface area contributed by atoms with Crippen LogP contribution < -0.4 is 5.32 Å². The van der Waals surface area contributed by atoms with Gasteiger partial charge in [-0.05, 0) is 55.8 Å². The maximum absolute atomic E-state index is 11.8. The molecule has 0 spiro atoms. The predicted molar refractivity (Wildman–Crippen MR) is 84.9 cm³/mol. The van der Waals surface area contributed by atoms with E-state index in [-0.39, 0.29) is 11.5 Å². The SMILES string of the molecule is Cc1ccc(C=CC(=O)Nc2ccc(C(=O)O)c(C)c2)s1. The van der Waals surface area contributed by atoms with E-state index in [1.54, 1.807) is 36.5 Å². The molecule has 0 saturated heterocycles. The van der Waals surface area contributed by atoms with Crippen molar-refractivity contribution in [3.05, 3.63) is 57.3 Å². The van der Waals surface area contributed by atoms with Gasteiger partial charge in [-0.15, -0.1) is 11.3 Å². The van der Waals surface area contributed by atoms with Crippen LogP contribution in [0.15, 0.2) is 36.4 Å². The Kier molecular flexibility index (Phi) is 4.55. The Morgan fingerprint density at radius 2 is 1.95 bits per heavy atom. The summed E-state index contributed by atoms with van der Waals surface area (Å²) in [5.74, 6) is -1.22. The number of rotatable bonds is 4. The van der Waals surface area contributed by atoms with Crippen molar-refractivity contribution < 1.29 is 14.7 Å². The molecule has 0 unspecified atom stereocenters. The molecule has 0 bridgehead atoms. The molecule has 108 valence electrons. The van der Waals surface area contributed by atoms with Gasteiger partial charge >= 0.3 is 5.97 Å². The highest BCUT2D eigenvalue weighted by atomic mass is 32.1. The minimum absolute atomic E-state index is 0.234. The van der Waals surface area contributed by atoms with Crippen molar-refractivity contribution in [2.24, 2.45) is 0 Å². The molecule has 1 aromatic heterocycles. The maximum atomic E-state index is 11.8. The van der Waals surface area contributed by atoms with Crippen molar-refractivity contribution in [2.45, 2.75) is 13.8 Å². The number of aromatic carboxylic acids is 1. The number of carboxylic acid groups (broad SMARTS) is 1. The zero-order valence-corrected chi connectivity index (χ0v) is 12.5. The lowest BCUT2D eigenvalue weighted by molar-refractivity contribution is -0.111. The molecule has 2 aromatic rings. The minimum Gasteiger partial charge on any atom is -0.478 e. The van der Waals surface area contributed by atoms with E-state index < -0.39 is 5.97 Å². The van der Waals surface area contributed by atoms with Gasteiger partial charge in [-0.2, -0.15) is 0 Å². The van der Waals surface area contributed by atoms with E-state index in [4.69, 9.17) is 5.11 Å². The fourth-order valence-electron chi connectivity index (χ4n) is 1.87. The number of carbonyl (C=O) groups excluding carboxylic acids is 1. The van der Waals surface area contributed by atoms with Crippen molar-refractivity contribution in [1.82, 2.24) is 0 Å². The monoisotopic (exact) mass is 301 g/mol. The number of carboxylic acids is 1. The number of aryl methyl sites for hydroxylation is 2. The van der Waals surface area contributed by atoms with Gasteiger partial charge in [0, 0.05) is 21.5 Å². The zero-order valence-electron chi connectivity index (χ0n) is 11.7.